The summed E-state index contributed by atoms with van der Waals surface area (Å²) in [6, 6.07) is 5.36. The summed E-state index contributed by atoms with van der Waals surface area (Å²) >= 11 is 8.27. The van der Waals surface area contributed by atoms with Crippen LogP contribution in [0.25, 0.3) is 0 Å². The van der Waals surface area contributed by atoms with E-state index in [-0.39, 0.29) is 35.5 Å². The van der Waals surface area contributed by atoms with Gasteiger partial charge in [-0.3, -0.25) is 9.59 Å². The topological polar surface area (TPSA) is 37.4 Å². The van der Waals surface area contributed by atoms with Crippen LogP contribution >= 0.6 is 34.2 Å². The highest BCUT2D eigenvalue weighted by atomic mass is 127. The van der Waals surface area contributed by atoms with Crippen molar-refractivity contribution in [2.75, 3.05) is 4.90 Å². The van der Waals surface area contributed by atoms with Crippen LogP contribution in [0.4, 0.5) is 5.69 Å². The Kier molecular flexibility index (Phi) is 3.15. The highest BCUT2D eigenvalue weighted by molar-refractivity contribution is 14.1. The lowest BCUT2D eigenvalue weighted by molar-refractivity contribution is -0.124. The van der Waals surface area contributed by atoms with Crippen molar-refractivity contribution in [3.8, 4) is 0 Å². The Hall–Kier alpha value is -0.880. The molecule has 5 rings (SSSR count). The minimum atomic E-state index is -0.167. The largest absolute Gasteiger partial charge is 0.274 e. The molecule has 0 radical (unpaired) electrons. The number of imide groups is 1. The zero-order valence-electron chi connectivity index (χ0n) is 11.1. The second-order valence-corrected chi connectivity index (χ2v) is 7.52. The summed E-state index contributed by atoms with van der Waals surface area (Å²) in [7, 11) is 0. The monoisotopic (exact) mass is 413 g/mol. The van der Waals surface area contributed by atoms with Crippen molar-refractivity contribution in [2.24, 2.45) is 23.7 Å². The van der Waals surface area contributed by atoms with Crippen molar-refractivity contribution in [2.45, 2.75) is 12.8 Å². The van der Waals surface area contributed by atoms with Crippen LogP contribution in [0.15, 0.2) is 30.4 Å². The number of carbonyl (C=O) groups is 2. The van der Waals surface area contributed by atoms with E-state index in [0.29, 0.717) is 10.7 Å². The van der Waals surface area contributed by atoms with Crippen molar-refractivity contribution in [3.63, 3.8) is 0 Å². The number of hydrogen-bond acceptors (Lipinski definition) is 2. The van der Waals surface area contributed by atoms with Gasteiger partial charge in [-0.1, -0.05) is 23.8 Å². The first-order valence-corrected chi connectivity index (χ1v) is 8.55. The van der Waals surface area contributed by atoms with E-state index in [2.05, 4.69) is 34.7 Å². The predicted octanol–water partition coefficient (Wildman–Crippen LogP) is 3.65. The summed E-state index contributed by atoms with van der Waals surface area (Å²) in [5.74, 6) is 0.00259. The van der Waals surface area contributed by atoms with E-state index in [4.69, 9.17) is 11.6 Å². The molecule has 1 aromatic carbocycles. The lowest BCUT2D eigenvalue weighted by Gasteiger charge is -2.38. The molecule has 4 aliphatic rings. The van der Waals surface area contributed by atoms with Gasteiger partial charge in [0.25, 0.3) is 0 Å². The summed E-state index contributed by atoms with van der Waals surface area (Å²) in [5.41, 5.74) is 0.601. The molecule has 3 nitrogen and oxygen atoms in total. The molecule has 1 heterocycles. The van der Waals surface area contributed by atoms with Gasteiger partial charge in [0.2, 0.25) is 11.8 Å². The van der Waals surface area contributed by atoms with Gasteiger partial charge in [-0.15, -0.1) is 0 Å². The third-order valence-corrected chi connectivity index (χ3v) is 6.49. The van der Waals surface area contributed by atoms with Gasteiger partial charge in [-0.2, -0.15) is 0 Å². The first kappa shape index (κ1) is 13.8. The molecule has 2 bridgehead atoms. The van der Waals surface area contributed by atoms with E-state index < -0.39 is 0 Å². The van der Waals surface area contributed by atoms with Crippen LogP contribution < -0.4 is 4.90 Å². The molecule has 0 aromatic heterocycles. The van der Waals surface area contributed by atoms with Gasteiger partial charge >= 0.3 is 0 Å². The maximum absolute atomic E-state index is 12.8. The highest BCUT2D eigenvalue weighted by Crippen LogP contribution is 2.50. The minimum absolute atomic E-state index is 0.0543. The van der Waals surface area contributed by atoms with E-state index in [1.165, 1.54) is 4.90 Å². The Morgan fingerprint density at radius 1 is 1.05 bits per heavy atom. The van der Waals surface area contributed by atoms with Crippen LogP contribution in [0.2, 0.25) is 5.02 Å². The average molecular weight is 414 g/mol. The predicted molar refractivity (Wildman–Crippen MR) is 89.0 cm³/mol. The number of allylic oxidation sites excluding steroid dienone is 2. The van der Waals surface area contributed by atoms with Crippen LogP contribution in [0.3, 0.4) is 0 Å². The van der Waals surface area contributed by atoms with Crippen molar-refractivity contribution < 1.29 is 9.59 Å². The van der Waals surface area contributed by atoms with Crippen LogP contribution in [0.1, 0.15) is 12.8 Å². The standard InChI is InChI=1S/C16H13ClINO2/c17-11-7-10(5-6-12(11)18)19-15(20)13-8-1-2-9(4-3-8)14(13)16(19)21/h1-2,5-9,13-14H,3-4H2/t8-,9+,13-,14?/m0/s1. The third-order valence-electron chi connectivity index (χ3n) is 4.92. The molecule has 108 valence electrons. The van der Waals surface area contributed by atoms with Gasteiger partial charge < -0.3 is 0 Å². The molecule has 2 fully saturated rings. The number of anilines is 1. The fourth-order valence-electron chi connectivity index (χ4n) is 3.95. The number of rotatable bonds is 1. The molecule has 5 heteroatoms. The van der Waals surface area contributed by atoms with Crippen LogP contribution in [0.5, 0.6) is 0 Å². The molecular weight excluding hydrogens is 401 g/mol. The summed E-state index contributed by atoms with van der Waals surface area (Å²) < 4.78 is 0.913. The van der Waals surface area contributed by atoms with Crippen molar-refractivity contribution >= 4 is 51.7 Å². The van der Waals surface area contributed by atoms with Crippen molar-refractivity contribution in [1.82, 2.24) is 0 Å². The molecule has 4 atom stereocenters. The Labute approximate surface area is 141 Å². The summed E-state index contributed by atoms with van der Waals surface area (Å²) in [5, 5.41) is 0.574. The number of benzene rings is 1. The second-order valence-electron chi connectivity index (χ2n) is 5.95. The molecule has 0 spiro atoms. The number of amides is 2. The summed E-state index contributed by atoms with van der Waals surface area (Å²) in [4.78, 5) is 26.9. The van der Waals surface area contributed by atoms with Gasteiger partial charge in [-0.25, -0.2) is 4.90 Å². The lowest BCUT2D eigenvalue weighted by Crippen LogP contribution is -2.38. The Balaban J connectivity index is 1.76. The highest BCUT2D eigenvalue weighted by Gasteiger charge is 2.56. The maximum Gasteiger partial charge on any atom is 0.238 e. The van der Waals surface area contributed by atoms with Crippen molar-refractivity contribution in [3.05, 3.63) is 38.9 Å². The Morgan fingerprint density at radius 3 is 2.10 bits per heavy atom. The minimum Gasteiger partial charge on any atom is -0.274 e. The molecule has 1 aromatic rings. The SMILES string of the molecule is O=C1C2[C@@H]3C=C[C@@H](CC3)[C@@H]2C(=O)N1c1ccc(I)c(Cl)c1. The van der Waals surface area contributed by atoms with E-state index in [9.17, 15) is 9.59 Å². The average Bonchev–Trinajstić information content (AvgIpc) is 2.78. The van der Waals surface area contributed by atoms with Gasteiger partial charge in [0.05, 0.1) is 22.5 Å². The zero-order chi connectivity index (χ0) is 14.7. The molecule has 1 saturated heterocycles. The zero-order valence-corrected chi connectivity index (χ0v) is 14.0. The normalized spacial score (nSPS) is 33.7. The van der Waals surface area contributed by atoms with E-state index in [1.807, 2.05) is 6.07 Å². The Bertz CT molecular complexity index is 655. The number of hydrogen-bond donors (Lipinski definition) is 0. The molecule has 2 amide bonds. The summed E-state index contributed by atoms with van der Waals surface area (Å²) in [6.07, 6.45) is 6.29. The Morgan fingerprint density at radius 2 is 1.62 bits per heavy atom. The third kappa shape index (κ3) is 1.91. The first-order valence-electron chi connectivity index (χ1n) is 7.09. The van der Waals surface area contributed by atoms with E-state index in [1.54, 1.807) is 12.1 Å². The van der Waals surface area contributed by atoms with Gasteiger partial charge in [0.1, 0.15) is 0 Å². The van der Waals surface area contributed by atoms with Crippen LogP contribution in [0, 0.1) is 27.2 Å². The van der Waals surface area contributed by atoms with Crippen LogP contribution in [-0.2, 0) is 9.59 Å². The number of carbonyl (C=O) groups excluding carboxylic acids is 2. The van der Waals surface area contributed by atoms with Crippen LogP contribution in [-0.4, -0.2) is 11.8 Å². The molecule has 3 aliphatic carbocycles. The van der Waals surface area contributed by atoms with Gasteiger partial charge in [0.15, 0.2) is 0 Å². The summed E-state index contributed by atoms with van der Waals surface area (Å²) in [6.45, 7) is 0. The molecule has 0 N–H and O–H groups in total. The number of fused-ring (bicyclic) bond motifs is 1. The first-order chi connectivity index (χ1) is 10.1. The quantitative estimate of drug-likeness (QED) is 0.400. The fourth-order valence-corrected chi connectivity index (χ4v) is 4.46. The van der Waals surface area contributed by atoms with Gasteiger partial charge in [-0.05, 0) is 65.5 Å². The number of nitrogens with zero attached hydrogens (tertiary/aromatic N) is 1. The lowest BCUT2D eigenvalue weighted by atomic mass is 9.63. The molecule has 1 aliphatic heterocycles. The number of halogens is 2. The second kappa shape index (κ2) is 4.81. The molecule has 21 heavy (non-hydrogen) atoms. The molecule has 1 unspecified atom stereocenters. The fraction of sp³-hybridized carbons (Fsp3) is 0.375. The molecule has 1 saturated carbocycles. The smallest absolute Gasteiger partial charge is 0.238 e. The van der Waals surface area contributed by atoms with E-state index in [0.717, 1.165) is 16.4 Å². The van der Waals surface area contributed by atoms with Gasteiger partial charge in [0, 0.05) is 3.57 Å². The van der Waals surface area contributed by atoms with E-state index >= 15 is 0 Å². The van der Waals surface area contributed by atoms with Crippen molar-refractivity contribution in [1.29, 1.82) is 0 Å². The molecular formula is C16H13ClINO2. The maximum atomic E-state index is 12.8.